The number of ether oxygens (including phenoxy) is 1. The summed E-state index contributed by atoms with van der Waals surface area (Å²) in [6, 6.07) is 12.0. The number of nitrogens with zero attached hydrogens (tertiary/aromatic N) is 1. The van der Waals surface area contributed by atoms with Gasteiger partial charge >= 0.3 is 11.9 Å². The highest BCUT2D eigenvalue weighted by atomic mass is 79.9. The number of carbonyl (C=O) groups is 2. The van der Waals surface area contributed by atoms with Crippen LogP contribution in [0.15, 0.2) is 46.3 Å². The summed E-state index contributed by atoms with van der Waals surface area (Å²) in [6.45, 7) is 1.80. The topological polar surface area (TPSA) is 46.6 Å². The highest BCUT2D eigenvalue weighted by Crippen LogP contribution is 2.48. The van der Waals surface area contributed by atoms with Crippen LogP contribution >= 0.6 is 27.3 Å². The number of rotatable bonds is 3. The van der Waals surface area contributed by atoms with E-state index >= 15 is 0 Å². The monoisotopic (exact) mass is 391 g/mol. The van der Waals surface area contributed by atoms with E-state index in [1.54, 1.807) is 0 Å². The predicted molar refractivity (Wildman–Crippen MR) is 90.0 cm³/mol. The molecule has 0 bridgehead atoms. The normalized spacial score (nSPS) is 27.3. The number of carbonyl (C=O) groups excluding carboxylic acids is 2. The Morgan fingerprint density at radius 2 is 2.09 bits per heavy atom. The lowest BCUT2D eigenvalue weighted by atomic mass is 9.79. The Bertz CT molecular complexity index is 775. The number of hydrogen-bond donors (Lipinski definition) is 0. The maximum atomic E-state index is 12.5. The largest absolute Gasteiger partial charge is 0.392 e. The minimum absolute atomic E-state index is 0.393. The standard InChI is InChI=1S/C17H14BrNO3S/c18-12-6-14(23-9-12)17-10-19(7-11-4-2-1-3-5-11)8-13(17)15(20)22-16(17)21/h1-6,9,13H,7-8,10H2. The maximum Gasteiger partial charge on any atom is 0.327 e. The molecule has 2 unspecified atom stereocenters. The third-order valence-electron chi connectivity index (χ3n) is 4.61. The van der Waals surface area contributed by atoms with E-state index in [-0.39, 0.29) is 0 Å². The molecule has 1 aromatic heterocycles. The molecule has 3 heterocycles. The van der Waals surface area contributed by atoms with Crippen LogP contribution in [0.4, 0.5) is 0 Å². The molecule has 4 nitrogen and oxygen atoms in total. The zero-order valence-electron chi connectivity index (χ0n) is 12.2. The molecule has 0 aliphatic carbocycles. The molecule has 4 rings (SSSR count). The van der Waals surface area contributed by atoms with Gasteiger partial charge in [0, 0.05) is 34.4 Å². The first-order valence-corrected chi connectivity index (χ1v) is 9.04. The van der Waals surface area contributed by atoms with Crippen LogP contribution in [0.1, 0.15) is 10.4 Å². The van der Waals surface area contributed by atoms with Gasteiger partial charge in [-0.05, 0) is 27.6 Å². The van der Waals surface area contributed by atoms with Gasteiger partial charge in [-0.15, -0.1) is 11.3 Å². The fraction of sp³-hybridized carbons (Fsp3) is 0.294. The van der Waals surface area contributed by atoms with Gasteiger partial charge in [0.1, 0.15) is 5.41 Å². The molecule has 0 saturated carbocycles. The van der Waals surface area contributed by atoms with E-state index in [0.717, 1.165) is 15.9 Å². The summed E-state index contributed by atoms with van der Waals surface area (Å²) in [5, 5.41) is 1.94. The van der Waals surface area contributed by atoms with E-state index < -0.39 is 23.3 Å². The molecule has 1 aromatic carbocycles. The number of hydrogen-bond acceptors (Lipinski definition) is 5. The Morgan fingerprint density at radius 1 is 1.30 bits per heavy atom. The van der Waals surface area contributed by atoms with Crippen LogP contribution in [0.25, 0.3) is 0 Å². The zero-order valence-corrected chi connectivity index (χ0v) is 14.6. The number of fused-ring (bicyclic) bond motifs is 1. The smallest absolute Gasteiger partial charge is 0.327 e. The van der Waals surface area contributed by atoms with Crippen molar-refractivity contribution in [2.75, 3.05) is 13.1 Å². The molecule has 2 aliphatic heterocycles. The molecule has 118 valence electrons. The quantitative estimate of drug-likeness (QED) is 0.595. The van der Waals surface area contributed by atoms with Crippen molar-refractivity contribution in [2.45, 2.75) is 12.0 Å². The molecule has 2 aliphatic rings. The van der Waals surface area contributed by atoms with E-state index in [0.29, 0.717) is 13.1 Å². The molecule has 6 heteroatoms. The number of esters is 2. The van der Waals surface area contributed by atoms with Gasteiger partial charge < -0.3 is 4.74 Å². The number of halogens is 1. The van der Waals surface area contributed by atoms with Gasteiger partial charge in [-0.3, -0.25) is 14.5 Å². The zero-order chi connectivity index (χ0) is 16.0. The van der Waals surface area contributed by atoms with E-state index in [2.05, 4.69) is 33.0 Å². The highest BCUT2D eigenvalue weighted by molar-refractivity contribution is 9.10. The van der Waals surface area contributed by atoms with E-state index in [9.17, 15) is 9.59 Å². The van der Waals surface area contributed by atoms with Crippen molar-refractivity contribution in [1.82, 2.24) is 4.90 Å². The van der Waals surface area contributed by atoms with Crippen molar-refractivity contribution in [3.05, 3.63) is 56.7 Å². The second-order valence-electron chi connectivity index (χ2n) is 6.02. The molecule has 2 aromatic rings. The first kappa shape index (κ1) is 15.1. The first-order chi connectivity index (χ1) is 11.1. The summed E-state index contributed by atoms with van der Waals surface area (Å²) in [4.78, 5) is 27.8. The van der Waals surface area contributed by atoms with Crippen LogP contribution in [-0.4, -0.2) is 29.9 Å². The molecule has 0 N–H and O–H groups in total. The van der Waals surface area contributed by atoms with E-state index in [1.807, 2.05) is 29.6 Å². The maximum absolute atomic E-state index is 12.5. The van der Waals surface area contributed by atoms with Crippen molar-refractivity contribution in [3.63, 3.8) is 0 Å². The van der Waals surface area contributed by atoms with Crippen LogP contribution in [-0.2, 0) is 26.3 Å². The van der Waals surface area contributed by atoms with Crippen LogP contribution in [0, 0.1) is 5.92 Å². The molecule has 2 atom stereocenters. The predicted octanol–water partition coefficient (Wildman–Crippen LogP) is 2.96. The molecule has 0 radical (unpaired) electrons. The van der Waals surface area contributed by atoms with E-state index in [4.69, 9.17) is 4.74 Å². The van der Waals surface area contributed by atoms with Crippen LogP contribution in [0.5, 0.6) is 0 Å². The fourth-order valence-electron chi connectivity index (χ4n) is 3.54. The van der Waals surface area contributed by atoms with Gasteiger partial charge in [0.15, 0.2) is 0 Å². The van der Waals surface area contributed by atoms with Crippen molar-refractivity contribution in [1.29, 1.82) is 0 Å². The Balaban J connectivity index is 1.68. The third-order valence-corrected chi connectivity index (χ3v) is 6.48. The lowest BCUT2D eigenvalue weighted by molar-refractivity contribution is -0.155. The van der Waals surface area contributed by atoms with Crippen LogP contribution in [0.3, 0.4) is 0 Å². The van der Waals surface area contributed by atoms with Gasteiger partial charge in [-0.2, -0.15) is 0 Å². The number of cyclic esters (lactones) is 2. The molecule has 2 saturated heterocycles. The minimum atomic E-state index is -0.845. The fourth-order valence-corrected chi connectivity index (χ4v) is 5.20. The molecule has 0 amide bonds. The number of benzene rings is 1. The summed E-state index contributed by atoms with van der Waals surface area (Å²) < 4.78 is 5.91. The summed E-state index contributed by atoms with van der Waals surface area (Å²) >= 11 is 4.94. The Labute approximate surface area is 146 Å². The Morgan fingerprint density at radius 3 is 2.78 bits per heavy atom. The summed E-state index contributed by atoms with van der Waals surface area (Å²) in [5.41, 5.74) is 0.332. The minimum Gasteiger partial charge on any atom is -0.392 e. The average molecular weight is 392 g/mol. The lowest BCUT2D eigenvalue weighted by Gasteiger charge is -2.22. The summed E-state index contributed by atoms with van der Waals surface area (Å²) in [5.74, 6) is -1.21. The summed E-state index contributed by atoms with van der Waals surface area (Å²) in [7, 11) is 0. The van der Waals surface area contributed by atoms with Gasteiger partial charge in [-0.1, -0.05) is 30.3 Å². The van der Waals surface area contributed by atoms with Crippen LogP contribution in [0.2, 0.25) is 0 Å². The number of thiophene rings is 1. The van der Waals surface area contributed by atoms with Gasteiger partial charge in [0.2, 0.25) is 0 Å². The molecular weight excluding hydrogens is 378 g/mol. The van der Waals surface area contributed by atoms with Crippen molar-refractivity contribution < 1.29 is 14.3 Å². The highest BCUT2D eigenvalue weighted by Gasteiger charge is 2.64. The SMILES string of the molecule is O=C1OC(=O)C2(c3cc(Br)cs3)CN(Cc3ccccc3)CC12. The Hall–Kier alpha value is -1.50. The first-order valence-electron chi connectivity index (χ1n) is 7.36. The van der Waals surface area contributed by atoms with E-state index in [1.165, 1.54) is 16.9 Å². The van der Waals surface area contributed by atoms with Gasteiger partial charge in [-0.25, -0.2) is 0 Å². The van der Waals surface area contributed by atoms with Crippen molar-refractivity contribution in [3.8, 4) is 0 Å². The van der Waals surface area contributed by atoms with Gasteiger partial charge in [0.05, 0.1) is 5.92 Å². The average Bonchev–Trinajstić information content (AvgIpc) is 3.18. The van der Waals surface area contributed by atoms with Crippen molar-refractivity contribution in [2.24, 2.45) is 5.92 Å². The molecule has 23 heavy (non-hydrogen) atoms. The second-order valence-corrected chi connectivity index (χ2v) is 7.84. The molecular formula is C17H14BrNO3S. The lowest BCUT2D eigenvalue weighted by Crippen LogP contribution is -2.38. The van der Waals surface area contributed by atoms with Crippen molar-refractivity contribution >= 4 is 39.2 Å². The molecule has 2 fully saturated rings. The Kier molecular flexibility index (Phi) is 3.63. The third kappa shape index (κ3) is 2.36. The van der Waals surface area contributed by atoms with Gasteiger partial charge in [0.25, 0.3) is 0 Å². The van der Waals surface area contributed by atoms with Crippen LogP contribution < -0.4 is 0 Å². The number of likely N-dealkylation sites (tertiary alicyclic amines) is 1. The molecule has 0 spiro atoms. The summed E-state index contributed by atoms with van der Waals surface area (Å²) in [6.07, 6.45) is 0. The second kappa shape index (κ2) is 5.54.